The van der Waals surface area contributed by atoms with Crippen LogP contribution in [0.4, 0.5) is 10.2 Å². The molecule has 0 aliphatic rings. The number of aryl methyl sites for hydroxylation is 1. The van der Waals surface area contributed by atoms with Gasteiger partial charge in [-0.15, -0.1) is 0 Å². The molecule has 1 heterocycles. The van der Waals surface area contributed by atoms with Crippen LogP contribution < -0.4 is 10.1 Å². The minimum atomic E-state index is -0.243. The zero-order chi connectivity index (χ0) is 14.2. The number of hydrogen-bond acceptors (Lipinski definition) is 3. The number of rotatable bonds is 7. The van der Waals surface area contributed by atoms with E-state index in [2.05, 4.69) is 10.3 Å². The summed E-state index contributed by atoms with van der Waals surface area (Å²) in [5.41, 5.74) is 1.01. The zero-order valence-corrected chi connectivity index (χ0v) is 11.6. The fourth-order valence-electron chi connectivity index (χ4n) is 1.81. The van der Waals surface area contributed by atoms with E-state index in [-0.39, 0.29) is 5.82 Å². The second-order valence-corrected chi connectivity index (χ2v) is 4.60. The van der Waals surface area contributed by atoms with Crippen LogP contribution in [0, 0.1) is 12.7 Å². The Balaban J connectivity index is 1.59. The van der Waals surface area contributed by atoms with Crippen molar-refractivity contribution >= 4 is 5.82 Å². The molecule has 0 radical (unpaired) electrons. The average molecular weight is 274 g/mol. The van der Waals surface area contributed by atoms with Gasteiger partial charge in [0, 0.05) is 12.2 Å². The van der Waals surface area contributed by atoms with Crippen LogP contribution in [0.3, 0.4) is 0 Å². The third-order valence-electron chi connectivity index (χ3n) is 2.85. The van der Waals surface area contributed by atoms with E-state index in [4.69, 9.17) is 4.74 Å². The normalized spacial score (nSPS) is 10.3. The van der Waals surface area contributed by atoms with Gasteiger partial charge in [-0.2, -0.15) is 0 Å². The first kappa shape index (κ1) is 14.3. The van der Waals surface area contributed by atoms with E-state index in [0.29, 0.717) is 12.4 Å². The summed E-state index contributed by atoms with van der Waals surface area (Å²) in [4.78, 5) is 4.37. The summed E-state index contributed by atoms with van der Waals surface area (Å²) in [7, 11) is 0. The van der Waals surface area contributed by atoms with Crippen molar-refractivity contribution in [1.82, 2.24) is 4.98 Å². The number of hydrogen-bond donors (Lipinski definition) is 1. The Bertz CT molecular complexity index is 528. The molecule has 0 aliphatic heterocycles. The maximum atomic E-state index is 12.7. The Labute approximate surface area is 118 Å². The number of aromatic nitrogens is 1. The summed E-state index contributed by atoms with van der Waals surface area (Å²) in [6.07, 6.45) is 1.94. The summed E-state index contributed by atoms with van der Waals surface area (Å²) in [5.74, 6) is 1.37. The molecule has 3 nitrogen and oxygen atoms in total. The molecule has 20 heavy (non-hydrogen) atoms. The molecule has 0 unspecified atom stereocenters. The summed E-state index contributed by atoms with van der Waals surface area (Å²) >= 11 is 0. The Hall–Kier alpha value is -2.10. The lowest BCUT2D eigenvalue weighted by Crippen LogP contribution is -2.06. The van der Waals surface area contributed by atoms with E-state index in [0.717, 1.165) is 30.9 Å². The maximum absolute atomic E-state index is 12.7. The molecule has 1 aromatic carbocycles. The fourth-order valence-corrected chi connectivity index (χ4v) is 1.81. The molecule has 1 aromatic heterocycles. The van der Waals surface area contributed by atoms with E-state index in [1.807, 2.05) is 25.1 Å². The molecule has 0 aliphatic carbocycles. The maximum Gasteiger partial charge on any atom is 0.126 e. The van der Waals surface area contributed by atoms with Crippen molar-refractivity contribution in [2.45, 2.75) is 19.8 Å². The summed E-state index contributed by atoms with van der Waals surface area (Å²) in [6, 6.07) is 12.0. The molecule has 0 atom stereocenters. The van der Waals surface area contributed by atoms with Crippen LogP contribution in [0.25, 0.3) is 0 Å². The molecular weight excluding hydrogens is 255 g/mol. The van der Waals surface area contributed by atoms with Crippen LogP contribution >= 0.6 is 0 Å². The van der Waals surface area contributed by atoms with Crippen LogP contribution in [0.15, 0.2) is 42.5 Å². The molecule has 106 valence electrons. The molecule has 4 heteroatoms. The Morgan fingerprint density at radius 3 is 2.65 bits per heavy atom. The van der Waals surface area contributed by atoms with Gasteiger partial charge in [-0.3, -0.25) is 0 Å². The first-order valence-corrected chi connectivity index (χ1v) is 6.80. The highest BCUT2D eigenvalue weighted by molar-refractivity contribution is 5.34. The number of pyridine rings is 1. The molecule has 0 fully saturated rings. The van der Waals surface area contributed by atoms with Crippen molar-refractivity contribution in [3.8, 4) is 5.75 Å². The molecule has 0 amide bonds. The first-order valence-electron chi connectivity index (χ1n) is 6.80. The zero-order valence-electron chi connectivity index (χ0n) is 11.6. The molecule has 1 N–H and O–H groups in total. The smallest absolute Gasteiger partial charge is 0.126 e. The highest BCUT2D eigenvalue weighted by Gasteiger charge is 1.96. The molecule has 0 bridgehead atoms. The van der Waals surface area contributed by atoms with Gasteiger partial charge >= 0.3 is 0 Å². The van der Waals surface area contributed by atoms with E-state index in [1.165, 1.54) is 12.1 Å². The average Bonchev–Trinajstić information content (AvgIpc) is 2.45. The topological polar surface area (TPSA) is 34.1 Å². The standard InChI is InChI=1S/C16H19FN2O/c1-13-5-4-6-16(19-13)18-11-2-3-12-20-15-9-7-14(17)8-10-15/h4-10H,2-3,11-12H2,1H3,(H,18,19). The van der Waals surface area contributed by atoms with Crippen molar-refractivity contribution in [3.05, 3.63) is 54.0 Å². The fraction of sp³-hybridized carbons (Fsp3) is 0.312. The first-order chi connectivity index (χ1) is 9.74. The van der Waals surface area contributed by atoms with Gasteiger partial charge in [-0.1, -0.05) is 6.07 Å². The summed E-state index contributed by atoms with van der Waals surface area (Å²) in [6.45, 7) is 3.47. The van der Waals surface area contributed by atoms with Gasteiger partial charge in [0.25, 0.3) is 0 Å². The predicted molar refractivity (Wildman–Crippen MR) is 78.6 cm³/mol. The number of anilines is 1. The van der Waals surface area contributed by atoms with Crippen molar-refractivity contribution in [3.63, 3.8) is 0 Å². The third-order valence-corrected chi connectivity index (χ3v) is 2.85. The van der Waals surface area contributed by atoms with Gasteiger partial charge in [0.2, 0.25) is 0 Å². The van der Waals surface area contributed by atoms with Gasteiger partial charge in [0.15, 0.2) is 0 Å². The third kappa shape index (κ3) is 4.88. The lowest BCUT2D eigenvalue weighted by molar-refractivity contribution is 0.308. The molecule has 2 rings (SSSR count). The van der Waals surface area contributed by atoms with Gasteiger partial charge in [0.05, 0.1) is 6.61 Å². The lowest BCUT2D eigenvalue weighted by Gasteiger charge is -2.07. The van der Waals surface area contributed by atoms with Crippen LogP contribution in [0.5, 0.6) is 5.75 Å². The molecule has 0 saturated carbocycles. The van der Waals surface area contributed by atoms with Crippen LogP contribution in [-0.2, 0) is 0 Å². The second kappa shape index (κ2) is 7.48. The SMILES string of the molecule is Cc1cccc(NCCCCOc2ccc(F)cc2)n1. The number of ether oxygens (including phenoxy) is 1. The Kier molecular flexibility index (Phi) is 5.35. The van der Waals surface area contributed by atoms with E-state index >= 15 is 0 Å². The second-order valence-electron chi connectivity index (χ2n) is 4.60. The van der Waals surface area contributed by atoms with E-state index < -0.39 is 0 Å². The quantitative estimate of drug-likeness (QED) is 0.780. The molecule has 0 saturated heterocycles. The molecular formula is C16H19FN2O. The van der Waals surface area contributed by atoms with Crippen molar-refractivity contribution in [2.75, 3.05) is 18.5 Å². The summed E-state index contributed by atoms with van der Waals surface area (Å²) < 4.78 is 18.2. The van der Waals surface area contributed by atoms with Crippen LogP contribution in [0.1, 0.15) is 18.5 Å². The number of unbranched alkanes of at least 4 members (excludes halogenated alkanes) is 1. The van der Waals surface area contributed by atoms with E-state index in [9.17, 15) is 4.39 Å². The van der Waals surface area contributed by atoms with Crippen molar-refractivity contribution < 1.29 is 9.13 Å². The monoisotopic (exact) mass is 274 g/mol. The number of nitrogens with one attached hydrogen (secondary N) is 1. The Morgan fingerprint density at radius 2 is 1.90 bits per heavy atom. The summed E-state index contributed by atoms with van der Waals surface area (Å²) in [5, 5.41) is 3.28. The Morgan fingerprint density at radius 1 is 1.10 bits per heavy atom. The van der Waals surface area contributed by atoms with Crippen molar-refractivity contribution in [1.29, 1.82) is 0 Å². The van der Waals surface area contributed by atoms with Gasteiger partial charge in [-0.05, 0) is 56.2 Å². The molecule has 0 spiro atoms. The van der Waals surface area contributed by atoms with E-state index in [1.54, 1.807) is 12.1 Å². The number of halogens is 1. The number of benzene rings is 1. The van der Waals surface area contributed by atoms with Crippen molar-refractivity contribution in [2.24, 2.45) is 0 Å². The molecule has 2 aromatic rings. The highest BCUT2D eigenvalue weighted by Crippen LogP contribution is 2.11. The highest BCUT2D eigenvalue weighted by atomic mass is 19.1. The van der Waals surface area contributed by atoms with Crippen LogP contribution in [-0.4, -0.2) is 18.1 Å². The predicted octanol–water partition coefficient (Wildman–Crippen LogP) is 3.80. The van der Waals surface area contributed by atoms with Gasteiger partial charge in [-0.25, -0.2) is 9.37 Å². The minimum Gasteiger partial charge on any atom is -0.494 e. The minimum absolute atomic E-state index is 0.243. The number of nitrogens with zero attached hydrogens (tertiary/aromatic N) is 1. The van der Waals surface area contributed by atoms with Gasteiger partial charge in [0.1, 0.15) is 17.4 Å². The lowest BCUT2D eigenvalue weighted by atomic mass is 10.3. The largest absolute Gasteiger partial charge is 0.494 e. The van der Waals surface area contributed by atoms with Gasteiger partial charge < -0.3 is 10.1 Å². The van der Waals surface area contributed by atoms with Crippen LogP contribution in [0.2, 0.25) is 0 Å².